The lowest BCUT2D eigenvalue weighted by Gasteiger charge is -2.24. The zero-order valence-corrected chi connectivity index (χ0v) is 12.6. The quantitative estimate of drug-likeness (QED) is 0.787. The summed E-state index contributed by atoms with van der Waals surface area (Å²) in [4.78, 5) is 13.2. The van der Waals surface area contributed by atoms with Gasteiger partial charge in [0, 0.05) is 23.5 Å². The highest BCUT2D eigenvalue weighted by Crippen LogP contribution is 2.26. The van der Waals surface area contributed by atoms with Crippen molar-refractivity contribution >= 4 is 27.5 Å². The van der Waals surface area contributed by atoms with E-state index in [4.69, 9.17) is 10.7 Å². The molecule has 0 aromatic carbocycles. The van der Waals surface area contributed by atoms with Crippen molar-refractivity contribution in [2.24, 2.45) is 0 Å². The van der Waals surface area contributed by atoms with Gasteiger partial charge < -0.3 is 10.3 Å². The third kappa shape index (κ3) is 2.27. The second kappa shape index (κ2) is 4.56. The van der Waals surface area contributed by atoms with Crippen molar-refractivity contribution in [1.29, 1.82) is 0 Å². The van der Waals surface area contributed by atoms with E-state index in [1.165, 1.54) is 11.3 Å². The van der Waals surface area contributed by atoms with Gasteiger partial charge >= 0.3 is 0 Å². The number of nitrogen functional groups attached to an aromatic ring is 1. The molecule has 3 heterocycles. The molecule has 3 rings (SSSR count). The molecule has 3 aromatic heterocycles. The molecule has 20 heavy (non-hydrogen) atoms. The van der Waals surface area contributed by atoms with Crippen LogP contribution in [0.5, 0.6) is 0 Å². The Kier molecular flexibility index (Phi) is 2.97. The number of fused-ring (bicyclic) bond motifs is 1. The summed E-state index contributed by atoms with van der Waals surface area (Å²) in [5.41, 5.74) is 8.63. The number of nitrogens with zero attached hydrogens (tertiary/aromatic N) is 4. The first kappa shape index (κ1) is 13.1. The van der Waals surface area contributed by atoms with Gasteiger partial charge in [0.2, 0.25) is 0 Å². The summed E-state index contributed by atoms with van der Waals surface area (Å²) < 4.78 is 2.25. The minimum Gasteiger partial charge on any atom is -0.375 e. The van der Waals surface area contributed by atoms with E-state index in [1.807, 2.05) is 11.4 Å². The molecule has 0 radical (unpaired) electrons. The van der Waals surface area contributed by atoms with E-state index in [2.05, 4.69) is 35.3 Å². The normalized spacial score (nSPS) is 12.2. The maximum absolute atomic E-state index is 5.70. The van der Waals surface area contributed by atoms with Crippen molar-refractivity contribution in [3.63, 3.8) is 0 Å². The zero-order valence-electron chi connectivity index (χ0n) is 11.8. The van der Waals surface area contributed by atoms with E-state index in [0.29, 0.717) is 11.6 Å². The molecule has 5 nitrogen and oxygen atoms in total. The van der Waals surface area contributed by atoms with Gasteiger partial charge in [-0.15, -0.1) is 11.3 Å². The van der Waals surface area contributed by atoms with E-state index in [-0.39, 0.29) is 5.54 Å². The Morgan fingerprint density at radius 3 is 2.75 bits per heavy atom. The molecule has 0 aliphatic rings. The maximum atomic E-state index is 5.70. The van der Waals surface area contributed by atoms with Gasteiger partial charge in [-0.1, -0.05) is 0 Å². The number of anilines is 1. The first-order valence-electron chi connectivity index (χ1n) is 6.47. The highest BCUT2D eigenvalue weighted by molar-refractivity contribution is 7.13. The molecule has 0 saturated carbocycles. The topological polar surface area (TPSA) is 69.6 Å². The third-order valence-corrected chi connectivity index (χ3v) is 3.83. The second-order valence-corrected chi connectivity index (χ2v) is 6.64. The van der Waals surface area contributed by atoms with Crippen LogP contribution in [0.4, 0.5) is 5.13 Å². The molecule has 0 atom stereocenters. The number of hydrogen-bond acceptors (Lipinski definition) is 5. The largest absolute Gasteiger partial charge is 0.375 e. The smallest absolute Gasteiger partial charge is 0.180 e. The molecule has 0 amide bonds. The van der Waals surface area contributed by atoms with E-state index in [1.54, 1.807) is 12.4 Å². The number of nitrogens with two attached hydrogens (primary N) is 1. The molecule has 0 aliphatic heterocycles. The van der Waals surface area contributed by atoms with Crippen molar-refractivity contribution in [2.75, 3.05) is 5.73 Å². The highest BCUT2D eigenvalue weighted by Gasteiger charge is 2.21. The van der Waals surface area contributed by atoms with Crippen LogP contribution in [0.25, 0.3) is 11.0 Å². The summed E-state index contributed by atoms with van der Waals surface area (Å²) in [7, 11) is 0. The molecule has 0 saturated heterocycles. The van der Waals surface area contributed by atoms with Gasteiger partial charge in [-0.2, -0.15) is 0 Å². The van der Waals surface area contributed by atoms with Crippen molar-refractivity contribution < 1.29 is 0 Å². The molecule has 3 aromatic rings. The molecule has 0 spiro atoms. The Labute approximate surface area is 121 Å². The number of imidazole rings is 1. The van der Waals surface area contributed by atoms with Crippen LogP contribution in [0, 0.1) is 0 Å². The first-order chi connectivity index (χ1) is 9.45. The summed E-state index contributed by atoms with van der Waals surface area (Å²) >= 11 is 1.46. The fraction of sp³-hybridized carbons (Fsp3) is 0.357. The van der Waals surface area contributed by atoms with E-state index in [9.17, 15) is 0 Å². The van der Waals surface area contributed by atoms with Gasteiger partial charge in [0.1, 0.15) is 11.3 Å². The van der Waals surface area contributed by atoms with Gasteiger partial charge in [-0.25, -0.2) is 9.97 Å². The molecular formula is C14H17N5S. The zero-order chi connectivity index (χ0) is 14.3. The summed E-state index contributed by atoms with van der Waals surface area (Å²) in [6.07, 6.45) is 4.28. The molecular weight excluding hydrogens is 270 g/mol. The first-order valence-corrected chi connectivity index (χ1v) is 7.35. The predicted molar refractivity (Wildman–Crippen MR) is 81.9 cm³/mol. The monoisotopic (exact) mass is 287 g/mol. The predicted octanol–water partition coefficient (Wildman–Crippen LogP) is 2.82. The van der Waals surface area contributed by atoms with Crippen LogP contribution in [0.1, 0.15) is 32.3 Å². The second-order valence-electron chi connectivity index (χ2n) is 5.75. The molecule has 0 aliphatic carbocycles. The SMILES string of the molecule is CC(C)(C)n1c(Cc2csc(N)n2)nc2cnccc21. The van der Waals surface area contributed by atoms with Crippen LogP contribution in [0.15, 0.2) is 23.8 Å². The summed E-state index contributed by atoms with van der Waals surface area (Å²) in [6, 6.07) is 2.01. The van der Waals surface area contributed by atoms with Crippen LogP contribution >= 0.6 is 11.3 Å². The molecule has 104 valence electrons. The van der Waals surface area contributed by atoms with E-state index >= 15 is 0 Å². The average molecular weight is 287 g/mol. The third-order valence-electron chi connectivity index (χ3n) is 3.11. The van der Waals surface area contributed by atoms with Crippen LogP contribution in [-0.4, -0.2) is 19.5 Å². The fourth-order valence-electron chi connectivity index (χ4n) is 2.42. The summed E-state index contributed by atoms with van der Waals surface area (Å²) in [5.74, 6) is 0.991. The maximum Gasteiger partial charge on any atom is 0.180 e. The Hall–Kier alpha value is -1.95. The van der Waals surface area contributed by atoms with Crippen LogP contribution in [0.2, 0.25) is 0 Å². The van der Waals surface area contributed by atoms with Crippen molar-refractivity contribution in [3.05, 3.63) is 35.4 Å². The van der Waals surface area contributed by atoms with Crippen molar-refractivity contribution in [3.8, 4) is 0 Å². The fourth-order valence-corrected chi connectivity index (χ4v) is 2.98. The number of hydrogen-bond donors (Lipinski definition) is 1. The Morgan fingerprint density at radius 2 is 2.10 bits per heavy atom. The number of aromatic nitrogens is 4. The van der Waals surface area contributed by atoms with Crippen LogP contribution in [-0.2, 0) is 12.0 Å². The standard InChI is InChI=1S/C14H17N5S/c1-14(2,3)19-11-4-5-16-7-10(11)18-12(19)6-9-8-20-13(15)17-9/h4-5,7-8H,6H2,1-3H3,(H2,15,17). The van der Waals surface area contributed by atoms with Gasteiger partial charge in [-0.05, 0) is 26.8 Å². The van der Waals surface area contributed by atoms with Crippen molar-refractivity contribution in [1.82, 2.24) is 19.5 Å². The Morgan fingerprint density at radius 1 is 1.30 bits per heavy atom. The minimum atomic E-state index is -0.0486. The lowest BCUT2D eigenvalue weighted by atomic mass is 10.1. The number of thiazole rings is 1. The van der Waals surface area contributed by atoms with E-state index < -0.39 is 0 Å². The molecule has 6 heteroatoms. The van der Waals surface area contributed by atoms with Crippen LogP contribution in [0.3, 0.4) is 0 Å². The van der Waals surface area contributed by atoms with E-state index in [0.717, 1.165) is 22.6 Å². The van der Waals surface area contributed by atoms with Crippen LogP contribution < -0.4 is 5.73 Å². The highest BCUT2D eigenvalue weighted by atomic mass is 32.1. The Bertz CT molecular complexity index is 750. The molecule has 0 unspecified atom stereocenters. The van der Waals surface area contributed by atoms with Gasteiger partial charge in [0.15, 0.2) is 5.13 Å². The van der Waals surface area contributed by atoms with Gasteiger partial charge in [0.05, 0.1) is 17.4 Å². The van der Waals surface area contributed by atoms with Crippen molar-refractivity contribution in [2.45, 2.75) is 32.7 Å². The van der Waals surface area contributed by atoms with Gasteiger partial charge in [0.25, 0.3) is 0 Å². The number of pyridine rings is 1. The number of rotatable bonds is 2. The average Bonchev–Trinajstić information content (AvgIpc) is 2.91. The molecule has 0 bridgehead atoms. The van der Waals surface area contributed by atoms with Gasteiger partial charge in [-0.3, -0.25) is 4.98 Å². The summed E-state index contributed by atoms with van der Waals surface area (Å²) in [5, 5.41) is 2.58. The lowest BCUT2D eigenvalue weighted by Crippen LogP contribution is -2.24. The minimum absolute atomic E-state index is 0.0486. The Balaban J connectivity index is 2.14. The lowest BCUT2D eigenvalue weighted by molar-refractivity contribution is 0.396. The summed E-state index contributed by atoms with van der Waals surface area (Å²) in [6.45, 7) is 6.52. The molecule has 0 fully saturated rings. The molecule has 2 N–H and O–H groups in total.